The molecule has 4 nitrogen and oxygen atoms in total. The van der Waals surface area contributed by atoms with Crippen molar-refractivity contribution in [3.05, 3.63) is 40.1 Å². The zero-order valence-corrected chi connectivity index (χ0v) is 8.37. The molecule has 0 saturated heterocycles. The van der Waals surface area contributed by atoms with Crippen molar-refractivity contribution in [3.63, 3.8) is 0 Å². The Hall–Kier alpha value is -2.17. The Labute approximate surface area is 88.7 Å². The number of aryl methyl sites for hydroxylation is 1. The summed E-state index contributed by atoms with van der Waals surface area (Å²) in [6, 6.07) is 4.08. The van der Waals surface area contributed by atoms with Gasteiger partial charge >= 0.3 is 0 Å². The largest absolute Gasteiger partial charge is 0.337 e. The minimum atomic E-state index is -0.438. The average Bonchev–Trinajstić information content (AvgIpc) is 2.61. The maximum absolute atomic E-state index is 13.1. The van der Waals surface area contributed by atoms with E-state index in [1.807, 2.05) is 0 Å². The molecule has 0 fully saturated rings. The predicted octanol–water partition coefficient (Wildman–Crippen LogP) is 2.12. The van der Waals surface area contributed by atoms with E-state index in [-0.39, 0.29) is 5.56 Å². The molecule has 0 aliphatic carbocycles. The van der Waals surface area contributed by atoms with Crippen molar-refractivity contribution in [1.82, 2.24) is 10.1 Å². The molecule has 0 bridgehead atoms. The molecular weight excluding hydrogens is 211 g/mol. The molecular formula is C11H7FN2O2. The lowest BCUT2D eigenvalue weighted by molar-refractivity contribution is 0.442. The van der Waals surface area contributed by atoms with Crippen molar-refractivity contribution in [2.45, 2.75) is 6.92 Å². The van der Waals surface area contributed by atoms with E-state index in [4.69, 9.17) is 4.52 Å². The highest BCUT2D eigenvalue weighted by molar-refractivity contribution is 6.04. The van der Waals surface area contributed by atoms with Gasteiger partial charge in [0.05, 0.1) is 16.5 Å². The molecule has 1 N–H and O–H groups in total. The van der Waals surface area contributed by atoms with Crippen molar-refractivity contribution in [3.8, 4) is 0 Å². The number of benzene rings is 1. The zero-order valence-electron chi connectivity index (χ0n) is 8.37. The Morgan fingerprint density at radius 3 is 3.00 bits per heavy atom. The Bertz CT molecular complexity index is 758. The maximum atomic E-state index is 13.1. The molecule has 16 heavy (non-hydrogen) atoms. The Morgan fingerprint density at radius 1 is 1.38 bits per heavy atom. The van der Waals surface area contributed by atoms with Crippen molar-refractivity contribution in [2.75, 3.05) is 0 Å². The van der Waals surface area contributed by atoms with E-state index in [1.54, 1.807) is 13.0 Å². The standard InChI is InChI=1S/C11H7FN2O2/c1-5-9-7-3-2-6(12)4-8(7)10(15)13-11(9)16-14-5/h2-4H,1H3,(H,13,15). The first-order valence-electron chi connectivity index (χ1n) is 4.74. The monoisotopic (exact) mass is 218 g/mol. The summed E-state index contributed by atoms with van der Waals surface area (Å²) < 4.78 is 18.0. The van der Waals surface area contributed by atoms with E-state index < -0.39 is 5.82 Å². The summed E-state index contributed by atoms with van der Waals surface area (Å²) in [5.74, 6) is -0.438. The summed E-state index contributed by atoms with van der Waals surface area (Å²) in [5.41, 5.74) is 0.614. The van der Waals surface area contributed by atoms with E-state index in [2.05, 4.69) is 10.1 Å². The summed E-state index contributed by atoms with van der Waals surface area (Å²) in [6.07, 6.45) is 0. The van der Waals surface area contributed by atoms with Crippen LogP contribution in [0.3, 0.4) is 0 Å². The second-order valence-electron chi connectivity index (χ2n) is 3.62. The van der Waals surface area contributed by atoms with Gasteiger partial charge in [0, 0.05) is 5.39 Å². The first-order chi connectivity index (χ1) is 7.66. The minimum absolute atomic E-state index is 0.304. The highest BCUT2D eigenvalue weighted by Gasteiger charge is 2.12. The Balaban J connectivity index is 2.68. The summed E-state index contributed by atoms with van der Waals surface area (Å²) in [5, 5.41) is 5.44. The van der Waals surface area contributed by atoms with Gasteiger partial charge in [-0.15, -0.1) is 0 Å². The molecule has 80 valence electrons. The van der Waals surface area contributed by atoms with Crippen LogP contribution in [0.15, 0.2) is 27.5 Å². The van der Waals surface area contributed by atoms with Crippen molar-refractivity contribution in [1.29, 1.82) is 0 Å². The van der Waals surface area contributed by atoms with Crippen LogP contribution in [0.25, 0.3) is 21.9 Å². The number of fused-ring (bicyclic) bond motifs is 3. The van der Waals surface area contributed by atoms with Crippen LogP contribution in [0.5, 0.6) is 0 Å². The number of H-pyrrole nitrogens is 1. The summed E-state index contributed by atoms with van der Waals surface area (Å²) in [4.78, 5) is 14.2. The molecule has 5 heteroatoms. The van der Waals surface area contributed by atoms with Crippen LogP contribution in [0, 0.1) is 12.7 Å². The van der Waals surface area contributed by atoms with E-state index >= 15 is 0 Å². The van der Waals surface area contributed by atoms with Crippen molar-refractivity contribution >= 4 is 21.9 Å². The first kappa shape index (κ1) is 9.08. The summed E-state index contributed by atoms with van der Waals surface area (Å²) in [7, 11) is 0. The molecule has 0 amide bonds. The number of aromatic nitrogens is 2. The van der Waals surface area contributed by atoms with Crippen molar-refractivity contribution in [2.24, 2.45) is 0 Å². The van der Waals surface area contributed by atoms with Gasteiger partial charge in [0.25, 0.3) is 5.56 Å². The van der Waals surface area contributed by atoms with Crippen LogP contribution in [0.4, 0.5) is 4.39 Å². The van der Waals surface area contributed by atoms with E-state index in [9.17, 15) is 9.18 Å². The normalized spacial score (nSPS) is 11.4. The lowest BCUT2D eigenvalue weighted by Crippen LogP contribution is -2.05. The van der Waals surface area contributed by atoms with Crippen LogP contribution in [0.1, 0.15) is 5.69 Å². The molecule has 0 spiro atoms. The van der Waals surface area contributed by atoms with Crippen LogP contribution >= 0.6 is 0 Å². The second-order valence-corrected chi connectivity index (χ2v) is 3.62. The van der Waals surface area contributed by atoms with Crippen LogP contribution in [-0.2, 0) is 0 Å². The highest BCUT2D eigenvalue weighted by atomic mass is 19.1. The molecule has 0 unspecified atom stereocenters. The third-order valence-corrected chi connectivity index (χ3v) is 2.59. The van der Waals surface area contributed by atoms with Crippen molar-refractivity contribution < 1.29 is 8.91 Å². The van der Waals surface area contributed by atoms with E-state index in [1.165, 1.54) is 12.1 Å². The van der Waals surface area contributed by atoms with Gasteiger partial charge in [-0.2, -0.15) is 0 Å². The number of aromatic amines is 1. The van der Waals surface area contributed by atoms with Crippen LogP contribution in [-0.4, -0.2) is 10.1 Å². The minimum Gasteiger partial charge on any atom is -0.337 e. The van der Waals surface area contributed by atoms with Gasteiger partial charge in [0.2, 0.25) is 5.71 Å². The van der Waals surface area contributed by atoms with Crippen LogP contribution in [0.2, 0.25) is 0 Å². The Morgan fingerprint density at radius 2 is 2.19 bits per heavy atom. The lowest BCUT2D eigenvalue weighted by Gasteiger charge is -1.98. The van der Waals surface area contributed by atoms with Gasteiger partial charge in [0.15, 0.2) is 0 Å². The third kappa shape index (κ3) is 1.08. The topological polar surface area (TPSA) is 58.9 Å². The van der Waals surface area contributed by atoms with Gasteiger partial charge < -0.3 is 4.52 Å². The van der Waals surface area contributed by atoms with Gasteiger partial charge in [0.1, 0.15) is 5.82 Å². The van der Waals surface area contributed by atoms with Gasteiger partial charge in [-0.3, -0.25) is 9.78 Å². The van der Waals surface area contributed by atoms with Gasteiger partial charge in [-0.05, 0) is 19.1 Å². The molecule has 0 aliphatic rings. The zero-order chi connectivity index (χ0) is 11.3. The first-order valence-corrected chi connectivity index (χ1v) is 4.74. The number of nitrogens with one attached hydrogen (secondary N) is 1. The molecule has 0 radical (unpaired) electrons. The quantitative estimate of drug-likeness (QED) is 0.628. The number of nitrogens with zero attached hydrogens (tertiary/aromatic N) is 1. The molecule has 0 aliphatic heterocycles. The van der Waals surface area contributed by atoms with Gasteiger partial charge in [-0.1, -0.05) is 11.2 Å². The fraction of sp³-hybridized carbons (Fsp3) is 0.0909. The number of halogens is 1. The maximum Gasteiger partial charge on any atom is 0.258 e. The highest BCUT2D eigenvalue weighted by Crippen LogP contribution is 2.24. The molecule has 2 heterocycles. The fourth-order valence-corrected chi connectivity index (χ4v) is 1.87. The number of rotatable bonds is 0. The number of pyridine rings is 1. The number of hydrogen-bond donors (Lipinski definition) is 1. The molecule has 1 aromatic carbocycles. The molecule has 2 aromatic heterocycles. The molecule has 0 atom stereocenters. The van der Waals surface area contributed by atoms with Crippen LogP contribution < -0.4 is 5.56 Å². The average molecular weight is 218 g/mol. The molecule has 3 aromatic rings. The molecule has 3 rings (SSSR count). The second kappa shape index (κ2) is 2.91. The Kier molecular flexibility index (Phi) is 1.65. The van der Waals surface area contributed by atoms with Gasteiger partial charge in [-0.25, -0.2) is 4.39 Å². The lowest BCUT2D eigenvalue weighted by atomic mass is 10.1. The summed E-state index contributed by atoms with van der Waals surface area (Å²) in [6.45, 7) is 1.77. The number of hydrogen-bond acceptors (Lipinski definition) is 3. The van der Waals surface area contributed by atoms with E-state index in [0.29, 0.717) is 22.2 Å². The third-order valence-electron chi connectivity index (χ3n) is 2.59. The SMILES string of the molecule is Cc1noc2[nH]c(=O)c3cc(F)ccc3c12. The predicted molar refractivity (Wildman–Crippen MR) is 56.8 cm³/mol. The fourth-order valence-electron chi connectivity index (χ4n) is 1.87. The molecule has 0 saturated carbocycles. The van der Waals surface area contributed by atoms with E-state index in [0.717, 1.165) is 5.39 Å². The smallest absolute Gasteiger partial charge is 0.258 e. The summed E-state index contributed by atoms with van der Waals surface area (Å²) >= 11 is 0.